The molecule has 114 valence electrons. The highest BCUT2D eigenvalue weighted by Crippen LogP contribution is 2.27. The lowest BCUT2D eigenvalue weighted by atomic mass is 9.93. The zero-order valence-corrected chi connectivity index (χ0v) is 11.4. The Morgan fingerprint density at radius 3 is 2.52 bits per heavy atom. The fourth-order valence-electron chi connectivity index (χ4n) is 2.49. The highest BCUT2D eigenvalue weighted by molar-refractivity contribution is 5.48. The molecule has 1 aromatic rings. The van der Waals surface area contributed by atoms with E-state index in [0.717, 1.165) is 31.7 Å². The second-order valence-corrected chi connectivity index (χ2v) is 5.13. The average molecular weight is 295 g/mol. The highest BCUT2D eigenvalue weighted by atomic mass is 16.6. The van der Waals surface area contributed by atoms with Crippen LogP contribution in [0.25, 0.3) is 0 Å². The van der Waals surface area contributed by atoms with Crippen LogP contribution in [0, 0.1) is 20.2 Å². The quantitative estimate of drug-likeness (QED) is 0.657. The predicted octanol–water partition coefficient (Wildman–Crippen LogP) is 2.29. The molecule has 0 heterocycles. The molecule has 2 rings (SSSR count). The van der Waals surface area contributed by atoms with Gasteiger partial charge in [0.05, 0.1) is 34.2 Å². The molecule has 0 bridgehead atoms. The number of benzene rings is 1. The van der Waals surface area contributed by atoms with Crippen molar-refractivity contribution in [2.45, 2.75) is 44.4 Å². The predicted molar refractivity (Wildman–Crippen MR) is 74.8 cm³/mol. The third-order valence-corrected chi connectivity index (χ3v) is 3.68. The van der Waals surface area contributed by atoms with E-state index in [4.69, 9.17) is 10.5 Å². The van der Waals surface area contributed by atoms with Gasteiger partial charge in [0, 0.05) is 12.1 Å². The van der Waals surface area contributed by atoms with E-state index in [-0.39, 0.29) is 30.1 Å². The lowest BCUT2D eigenvalue weighted by molar-refractivity contribution is -0.394. The van der Waals surface area contributed by atoms with Crippen LogP contribution >= 0.6 is 0 Å². The smallest absolute Gasteiger partial charge is 0.281 e. The zero-order valence-electron chi connectivity index (χ0n) is 11.4. The van der Waals surface area contributed by atoms with E-state index >= 15 is 0 Å². The van der Waals surface area contributed by atoms with Crippen LogP contribution in [0.1, 0.15) is 31.2 Å². The van der Waals surface area contributed by atoms with Gasteiger partial charge in [-0.15, -0.1) is 0 Å². The van der Waals surface area contributed by atoms with Gasteiger partial charge in [-0.05, 0) is 18.9 Å². The molecule has 1 fully saturated rings. The highest BCUT2D eigenvalue weighted by Gasteiger charge is 2.24. The van der Waals surface area contributed by atoms with Crippen LogP contribution in [0.4, 0.5) is 11.4 Å². The third kappa shape index (κ3) is 3.73. The Labute approximate surface area is 121 Å². The van der Waals surface area contributed by atoms with E-state index in [1.165, 1.54) is 12.1 Å². The van der Waals surface area contributed by atoms with E-state index in [1.807, 2.05) is 0 Å². The summed E-state index contributed by atoms with van der Waals surface area (Å²) in [4.78, 5) is 20.4. The standard InChI is InChI=1S/C13H17N3O5/c14-11-3-1-2-4-13(11)21-8-9-5-6-10(15(17)18)7-12(9)16(19)20/h5-7,11,13H,1-4,8,14H2. The van der Waals surface area contributed by atoms with Gasteiger partial charge in [-0.3, -0.25) is 20.2 Å². The molecule has 0 saturated heterocycles. The van der Waals surface area contributed by atoms with Crippen molar-refractivity contribution in [3.63, 3.8) is 0 Å². The van der Waals surface area contributed by atoms with Crippen molar-refractivity contribution in [3.05, 3.63) is 44.0 Å². The summed E-state index contributed by atoms with van der Waals surface area (Å²) in [5.41, 5.74) is 5.68. The summed E-state index contributed by atoms with van der Waals surface area (Å²) in [7, 11) is 0. The number of nitrogens with two attached hydrogens (primary N) is 1. The number of nitrogens with zero attached hydrogens (tertiary/aromatic N) is 2. The van der Waals surface area contributed by atoms with E-state index in [9.17, 15) is 20.2 Å². The minimum atomic E-state index is -0.658. The third-order valence-electron chi connectivity index (χ3n) is 3.68. The number of non-ortho nitro benzene ring substituents is 1. The number of hydrogen-bond donors (Lipinski definition) is 1. The van der Waals surface area contributed by atoms with E-state index in [2.05, 4.69) is 0 Å². The molecule has 2 unspecified atom stereocenters. The summed E-state index contributed by atoms with van der Waals surface area (Å²) in [6.45, 7) is 0.0344. The van der Waals surface area contributed by atoms with E-state index in [1.54, 1.807) is 0 Å². The van der Waals surface area contributed by atoms with Crippen LogP contribution in [-0.4, -0.2) is 22.0 Å². The fourth-order valence-corrected chi connectivity index (χ4v) is 2.49. The number of ether oxygens (including phenoxy) is 1. The molecule has 0 amide bonds. The Bertz CT molecular complexity index is 549. The van der Waals surface area contributed by atoms with Crippen molar-refractivity contribution in [3.8, 4) is 0 Å². The van der Waals surface area contributed by atoms with Crippen LogP contribution in [0.2, 0.25) is 0 Å². The van der Waals surface area contributed by atoms with Gasteiger partial charge < -0.3 is 10.5 Å². The minimum Gasteiger partial charge on any atom is -0.372 e. The second kappa shape index (κ2) is 6.59. The normalized spacial score (nSPS) is 22.0. The monoisotopic (exact) mass is 295 g/mol. The van der Waals surface area contributed by atoms with Gasteiger partial charge in [0.1, 0.15) is 0 Å². The maximum atomic E-state index is 11.0. The summed E-state index contributed by atoms with van der Waals surface area (Å²) in [5.74, 6) is 0. The van der Waals surface area contributed by atoms with Gasteiger partial charge in [-0.1, -0.05) is 12.8 Å². The Morgan fingerprint density at radius 2 is 1.90 bits per heavy atom. The van der Waals surface area contributed by atoms with Crippen molar-refractivity contribution >= 4 is 11.4 Å². The molecule has 0 radical (unpaired) electrons. The Balaban J connectivity index is 2.11. The molecule has 8 heteroatoms. The first-order valence-corrected chi connectivity index (χ1v) is 6.78. The van der Waals surface area contributed by atoms with Crippen molar-refractivity contribution < 1.29 is 14.6 Å². The fraction of sp³-hybridized carbons (Fsp3) is 0.538. The van der Waals surface area contributed by atoms with Crippen LogP contribution in [0.3, 0.4) is 0 Å². The van der Waals surface area contributed by atoms with E-state index < -0.39 is 9.85 Å². The number of hydrogen-bond acceptors (Lipinski definition) is 6. The first-order chi connectivity index (χ1) is 9.99. The van der Waals surface area contributed by atoms with Gasteiger partial charge in [-0.2, -0.15) is 0 Å². The summed E-state index contributed by atoms with van der Waals surface area (Å²) in [5, 5.41) is 21.7. The molecule has 0 aromatic heterocycles. The SMILES string of the molecule is NC1CCCCC1OCc1ccc([N+](=O)[O-])cc1[N+](=O)[O-]. The molecular weight excluding hydrogens is 278 g/mol. The van der Waals surface area contributed by atoms with Crippen molar-refractivity contribution in [1.29, 1.82) is 0 Å². The topological polar surface area (TPSA) is 122 Å². The Kier molecular flexibility index (Phi) is 4.81. The molecule has 0 aliphatic heterocycles. The molecule has 8 nitrogen and oxygen atoms in total. The number of rotatable bonds is 5. The van der Waals surface area contributed by atoms with Gasteiger partial charge in [-0.25, -0.2) is 0 Å². The van der Waals surface area contributed by atoms with E-state index in [0.29, 0.717) is 5.56 Å². The van der Waals surface area contributed by atoms with Crippen LogP contribution < -0.4 is 5.73 Å². The van der Waals surface area contributed by atoms with Crippen LogP contribution in [0.5, 0.6) is 0 Å². The molecule has 2 atom stereocenters. The summed E-state index contributed by atoms with van der Waals surface area (Å²) >= 11 is 0. The molecular formula is C13H17N3O5. The van der Waals surface area contributed by atoms with Crippen molar-refractivity contribution in [1.82, 2.24) is 0 Å². The van der Waals surface area contributed by atoms with Crippen LogP contribution in [-0.2, 0) is 11.3 Å². The average Bonchev–Trinajstić information content (AvgIpc) is 2.46. The molecule has 1 aromatic carbocycles. The first kappa shape index (κ1) is 15.3. The largest absolute Gasteiger partial charge is 0.372 e. The summed E-state index contributed by atoms with van der Waals surface area (Å²) in [6, 6.07) is 3.51. The minimum absolute atomic E-state index is 0.0344. The molecule has 21 heavy (non-hydrogen) atoms. The lowest BCUT2D eigenvalue weighted by Crippen LogP contribution is -2.39. The van der Waals surface area contributed by atoms with Crippen molar-refractivity contribution in [2.75, 3.05) is 0 Å². The van der Waals surface area contributed by atoms with Crippen LogP contribution in [0.15, 0.2) is 18.2 Å². The van der Waals surface area contributed by atoms with Gasteiger partial charge in [0.25, 0.3) is 11.4 Å². The first-order valence-electron chi connectivity index (χ1n) is 6.78. The van der Waals surface area contributed by atoms with Gasteiger partial charge in [0.15, 0.2) is 0 Å². The lowest BCUT2D eigenvalue weighted by Gasteiger charge is -2.28. The maximum Gasteiger partial charge on any atom is 0.281 e. The molecule has 1 aliphatic carbocycles. The maximum absolute atomic E-state index is 11.0. The molecule has 0 spiro atoms. The molecule has 1 saturated carbocycles. The Hall–Kier alpha value is -2.06. The summed E-state index contributed by atoms with van der Waals surface area (Å²) in [6.07, 6.45) is 3.70. The van der Waals surface area contributed by atoms with Gasteiger partial charge >= 0.3 is 0 Å². The second-order valence-electron chi connectivity index (χ2n) is 5.13. The van der Waals surface area contributed by atoms with Gasteiger partial charge in [0.2, 0.25) is 0 Å². The van der Waals surface area contributed by atoms with Crippen molar-refractivity contribution in [2.24, 2.45) is 5.73 Å². The summed E-state index contributed by atoms with van der Waals surface area (Å²) < 4.78 is 5.67. The molecule has 2 N–H and O–H groups in total. The Morgan fingerprint density at radius 1 is 1.19 bits per heavy atom. The zero-order chi connectivity index (χ0) is 15.4. The number of nitro benzene ring substituents is 2. The number of nitro groups is 2. The molecule has 1 aliphatic rings.